The highest BCUT2D eigenvalue weighted by Gasteiger charge is 2.70. The van der Waals surface area contributed by atoms with Crippen LogP contribution in [0.2, 0.25) is 0 Å². The number of nitrogens with two attached hydrogens (primary N) is 2. The van der Waals surface area contributed by atoms with Crippen LogP contribution in [-0.2, 0) is 19.9 Å². The van der Waals surface area contributed by atoms with Gasteiger partial charge >= 0.3 is 5.97 Å². The lowest BCUT2D eigenvalue weighted by atomic mass is 9.73. The number of carboxylic acid groups (broad SMARTS) is 1. The van der Waals surface area contributed by atoms with Gasteiger partial charge in [-0.3, -0.25) is 9.59 Å². The average Bonchev–Trinajstić information content (AvgIpc) is 2.69. The van der Waals surface area contributed by atoms with E-state index >= 15 is 0 Å². The number of carbonyl (C=O) groups is 3. The van der Waals surface area contributed by atoms with Gasteiger partial charge in [0.1, 0.15) is 6.04 Å². The summed E-state index contributed by atoms with van der Waals surface area (Å²) in [6.07, 6.45) is 0.313. The van der Waals surface area contributed by atoms with E-state index in [0.717, 1.165) is 0 Å². The Morgan fingerprint density at radius 3 is 2.54 bits per heavy atom. The van der Waals surface area contributed by atoms with Crippen LogP contribution in [0.25, 0.3) is 0 Å². The van der Waals surface area contributed by atoms with Gasteiger partial charge in [0.2, 0.25) is 11.8 Å². The Morgan fingerprint density at radius 2 is 2.00 bits per heavy atom. The molecule has 1 aromatic carbocycles. The molecule has 128 valence electrons. The lowest BCUT2D eigenvalue weighted by Crippen LogP contribution is -2.65. The van der Waals surface area contributed by atoms with E-state index in [2.05, 4.69) is 0 Å². The van der Waals surface area contributed by atoms with Crippen LogP contribution in [0.3, 0.4) is 0 Å². The van der Waals surface area contributed by atoms with E-state index in [1.54, 1.807) is 38.1 Å². The Bertz CT molecular complexity index is 751. The van der Waals surface area contributed by atoms with E-state index < -0.39 is 28.2 Å². The standard InChI is InChI=1S/C16H19N3O4S/c1-15(2)16(14(22)23,19-10(20)7-11(19)24-15)9-6-4-3-5-8(9)12(17)13(18)21/h3-6,11-12H,7,17H2,1-2H3,(H2,18,21)(H,22,23)/t11-,12?,16-/m1/s1. The van der Waals surface area contributed by atoms with Crippen molar-refractivity contribution in [2.75, 3.05) is 0 Å². The highest BCUT2D eigenvalue weighted by Crippen LogP contribution is 2.61. The summed E-state index contributed by atoms with van der Waals surface area (Å²) in [4.78, 5) is 37.7. The summed E-state index contributed by atoms with van der Waals surface area (Å²) in [7, 11) is 0. The van der Waals surface area contributed by atoms with Gasteiger partial charge in [0.05, 0.1) is 16.5 Å². The molecule has 0 radical (unpaired) electrons. The fraction of sp³-hybridized carbons (Fsp3) is 0.438. The zero-order chi connectivity index (χ0) is 17.9. The number of carboxylic acids is 1. The van der Waals surface area contributed by atoms with Crippen molar-refractivity contribution in [2.24, 2.45) is 11.5 Å². The Hall–Kier alpha value is -2.06. The SMILES string of the molecule is CC1(C)S[C@@H]2CC(=O)N2[C@@]1(C(=O)O)c1ccccc1C(N)C(N)=O. The highest BCUT2D eigenvalue weighted by atomic mass is 32.2. The van der Waals surface area contributed by atoms with Crippen LogP contribution in [0, 0.1) is 0 Å². The molecule has 0 aliphatic carbocycles. The molecule has 0 bridgehead atoms. The minimum Gasteiger partial charge on any atom is -0.479 e. The normalized spacial score (nSPS) is 28.9. The molecular weight excluding hydrogens is 330 g/mol. The third kappa shape index (κ3) is 1.93. The molecule has 0 aromatic heterocycles. The summed E-state index contributed by atoms with van der Waals surface area (Å²) < 4.78 is -0.802. The average molecular weight is 349 g/mol. The predicted octanol–water partition coefficient (Wildman–Crippen LogP) is 0.535. The fourth-order valence-electron chi connectivity index (χ4n) is 3.78. The zero-order valence-corrected chi connectivity index (χ0v) is 14.2. The number of thioether (sulfide) groups is 1. The Labute approximate surface area is 143 Å². The second-order valence-corrected chi connectivity index (χ2v) is 8.33. The van der Waals surface area contributed by atoms with Gasteiger partial charge in [0.15, 0.2) is 5.54 Å². The highest BCUT2D eigenvalue weighted by molar-refractivity contribution is 8.01. The van der Waals surface area contributed by atoms with Crippen LogP contribution in [-0.4, -0.2) is 37.9 Å². The molecule has 8 heteroatoms. The molecule has 24 heavy (non-hydrogen) atoms. The van der Waals surface area contributed by atoms with E-state index in [-0.39, 0.29) is 11.3 Å². The van der Waals surface area contributed by atoms with Crippen molar-refractivity contribution in [1.82, 2.24) is 4.90 Å². The molecule has 2 fully saturated rings. The molecule has 2 aliphatic rings. The molecule has 3 atom stereocenters. The summed E-state index contributed by atoms with van der Waals surface area (Å²) in [5, 5.41) is 9.98. The largest absolute Gasteiger partial charge is 0.479 e. The van der Waals surface area contributed by atoms with Crippen LogP contribution >= 0.6 is 11.8 Å². The van der Waals surface area contributed by atoms with E-state index in [1.165, 1.54) is 16.7 Å². The fourth-order valence-corrected chi connectivity index (χ4v) is 5.53. The molecule has 5 N–H and O–H groups in total. The van der Waals surface area contributed by atoms with Crippen molar-refractivity contribution >= 4 is 29.5 Å². The van der Waals surface area contributed by atoms with Gasteiger partial charge in [-0.15, -0.1) is 11.8 Å². The Balaban J connectivity index is 2.30. The molecule has 7 nitrogen and oxygen atoms in total. The number of carbonyl (C=O) groups excluding carboxylic acids is 2. The summed E-state index contributed by atoms with van der Waals surface area (Å²) in [6, 6.07) is 5.40. The van der Waals surface area contributed by atoms with Crippen LogP contribution in [0.1, 0.15) is 37.4 Å². The monoisotopic (exact) mass is 349 g/mol. The van der Waals surface area contributed by atoms with Crippen molar-refractivity contribution in [1.29, 1.82) is 0 Å². The minimum atomic E-state index is -1.60. The third-order valence-corrected chi connectivity index (χ3v) is 6.41. The molecule has 2 heterocycles. The Morgan fingerprint density at radius 1 is 1.38 bits per heavy atom. The molecule has 1 aromatic rings. The summed E-state index contributed by atoms with van der Waals surface area (Å²) in [6.45, 7) is 3.59. The maximum absolute atomic E-state index is 12.5. The van der Waals surface area contributed by atoms with Crippen molar-refractivity contribution in [3.05, 3.63) is 35.4 Å². The lowest BCUT2D eigenvalue weighted by Gasteiger charge is -2.47. The molecule has 2 saturated heterocycles. The number of nitrogens with zero attached hydrogens (tertiary/aromatic N) is 1. The summed E-state index contributed by atoms with van der Waals surface area (Å²) >= 11 is 1.45. The maximum Gasteiger partial charge on any atom is 0.335 e. The summed E-state index contributed by atoms with van der Waals surface area (Å²) in [5.74, 6) is -2.11. The Kier molecular flexibility index (Phi) is 3.65. The summed E-state index contributed by atoms with van der Waals surface area (Å²) in [5.41, 5.74) is 10.3. The first-order valence-corrected chi connectivity index (χ1v) is 8.40. The quantitative estimate of drug-likeness (QED) is 0.681. The first kappa shape index (κ1) is 16.8. The number of hydrogen-bond acceptors (Lipinski definition) is 5. The van der Waals surface area contributed by atoms with Crippen molar-refractivity contribution < 1.29 is 19.5 Å². The van der Waals surface area contributed by atoms with Crippen LogP contribution in [0.5, 0.6) is 0 Å². The van der Waals surface area contributed by atoms with Crippen LogP contribution < -0.4 is 11.5 Å². The second kappa shape index (κ2) is 5.22. The molecule has 2 aliphatic heterocycles. The lowest BCUT2D eigenvalue weighted by molar-refractivity contribution is -0.169. The van der Waals surface area contributed by atoms with Gasteiger partial charge in [0, 0.05) is 0 Å². The van der Waals surface area contributed by atoms with Crippen molar-refractivity contribution in [3.8, 4) is 0 Å². The van der Waals surface area contributed by atoms with Gasteiger partial charge in [0.25, 0.3) is 0 Å². The van der Waals surface area contributed by atoms with Gasteiger partial charge < -0.3 is 21.5 Å². The third-order valence-electron chi connectivity index (χ3n) is 4.87. The van der Waals surface area contributed by atoms with E-state index in [1.807, 2.05) is 0 Å². The van der Waals surface area contributed by atoms with Crippen LogP contribution in [0.15, 0.2) is 24.3 Å². The van der Waals surface area contributed by atoms with E-state index in [9.17, 15) is 19.5 Å². The molecule has 3 rings (SSSR count). The number of hydrogen-bond donors (Lipinski definition) is 3. The van der Waals surface area contributed by atoms with Crippen molar-refractivity contribution in [3.63, 3.8) is 0 Å². The number of fused-ring (bicyclic) bond motifs is 1. The van der Waals surface area contributed by atoms with Gasteiger partial charge in [-0.1, -0.05) is 24.3 Å². The van der Waals surface area contributed by atoms with Gasteiger partial charge in [-0.25, -0.2) is 4.79 Å². The van der Waals surface area contributed by atoms with Crippen molar-refractivity contribution in [2.45, 2.75) is 42.0 Å². The minimum absolute atomic E-state index is 0.193. The first-order valence-electron chi connectivity index (χ1n) is 7.52. The van der Waals surface area contributed by atoms with Gasteiger partial charge in [-0.2, -0.15) is 0 Å². The number of primary amides is 1. The van der Waals surface area contributed by atoms with Gasteiger partial charge in [-0.05, 0) is 25.0 Å². The molecule has 0 spiro atoms. The predicted molar refractivity (Wildman–Crippen MR) is 88.8 cm³/mol. The maximum atomic E-state index is 12.5. The van der Waals surface area contributed by atoms with E-state index in [0.29, 0.717) is 17.5 Å². The smallest absolute Gasteiger partial charge is 0.335 e. The molecule has 1 unspecified atom stereocenters. The first-order chi connectivity index (χ1) is 11.1. The number of benzene rings is 1. The molecule has 0 saturated carbocycles. The molecular formula is C16H19N3O4S. The number of β-lactam (4-membered cyclic amide) rings is 1. The number of amides is 2. The topological polar surface area (TPSA) is 127 Å². The number of rotatable bonds is 4. The van der Waals surface area contributed by atoms with Crippen LogP contribution in [0.4, 0.5) is 0 Å². The second-order valence-electron chi connectivity index (χ2n) is 6.53. The number of aliphatic carboxylic acids is 1. The molecule has 2 amide bonds. The van der Waals surface area contributed by atoms with E-state index in [4.69, 9.17) is 11.5 Å². The zero-order valence-electron chi connectivity index (χ0n) is 13.4.